The van der Waals surface area contributed by atoms with E-state index in [0.29, 0.717) is 13.0 Å². The predicted octanol–water partition coefficient (Wildman–Crippen LogP) is 0.899. The molecule has 0 aliphatic carbocycles. The molecule has 0 amide bonds. The molecule has 2 atom stereocenters. The molecule has 2 unspecified atom stereocenters. The van der Waals surface area contributed by atoms with Gasteiger partial charge in [0.25, 0.3) is 0 Å². The summed E-state index contributed by atoms with van der Waals surface area (Å²) < 4.78 is 7.23. The van der Waals surface area contributed by atoms with Crippen molar-refractivity contribution in [1.29, 1.82) is 0 Å². The topological polar surface area (TPSA) is 47.3 Å². The normalized spacial score (nSPS) is 32.4. The molecule has 0 radical (unpaired) electrons. The summed E-state index contributed by atoms with van der Waals surface area (Å²) in [5, 5.41) is 14.6. The molecule has 1 saturated heterocycles. The van der Waals surface area contributed by atoms with E-state index >= 15 is 0 Å². The molecule has 0 saturated carbocycles. The van der Waals surface area contributed by atoms with Gasteiger partial charge in [0, 0.05) is 19.2 Å². The third-order valence-electron chi connectivity index (χ3n) is 2.98. The van der Waals surface area contributed by atoms with Gasteiger partial charge in [-0.1, -0.05) is 0 Å². The molecule has 1 aromatic rings. The van der Waals surface area contributed by atoms with Crippen molar-refractivity contribution in [2.45, 2.75) is 38.5 Å². The fourth-order valence-corrected chi connectivity index (χ4v) is 2.02. The summed E-state index contributed by atoms with van der Waals surface area (Å²) >= 11 is 0. The van der Waals surface area contributed by atoms with Gasteiger partial charge in [0.1, 0.15) is 5.60 Å². The zero-order chi connectivity index (χ0) is 10.2. The summed E-state index contributed by atoms with van der Waals surface area (Å²) in [5.41, 5.74) is 0.0111. The van der Waals surface area contributed by atoms with E-state index in [1.54, 1.807) is 6.20 Å². The Hall–Kier alpha value is -0.870. The maximum atomic E-state index is 10.4. The second-order valence-corrected chi connectivity index (χ2v) is 3.72. The SMILES string of the molecule is CCn1nccc1C1(O)CCOC1C. The Morgan fingerprint density at radius 2 is 2.57 bits per heavy atom. The van der Waals surface area contributed by atoms with E-state index in [-0.39, 0.29) is 6.10 Å². The highest BCUT2D eigenvalue weighted by molar-refractivity contribution is 5.15. The van der Waals surface area contributed by atoms with E-state index in [4.69, 9.17) is 4.74 Å². The molecule has 1 fully saturated rings. The molecule has 0 aromatic carbocycles. The lowest BCUT2D eigenvalue weighted by Gasteiger charge is -2.26. The second kappa shape index (κ2) is 3.37. The van der Waals surface area contributed by atoms with Crippen LogP contribution in [0, 0.1) is 0 Å². The van der Waals surface area contributed by atoms with E-state index < -0.39 is 5.60 Å². The van der Waals surface area contributed by atoms with Gasteiger partial charge in [-0.3, -0.25) is 4.68 Å². The first-order valence-electron chi connectivity index (χ1n) is 5.04. The third-order valence-corrected chi connectivity index (χ3v) is 2.98. The molecule has 1 N–H and O–H groups in total. The van der Waals surface area contributed by atoms with Crippen molar-refractivity contribution in [2.24, 2.45) is 0 Å². The third kappa shape index (κ3) is 1.26. The number of ether oxygens (including phenoxy) is 1. The number of aliphatic hydroxyl groups is 1. The average molecular weight is 196 g/mol. The molecule has 2 rings (SSSR count). The lowest BCUT2D eigenvalue weighted by molar-refractivity contribution is -0.0376. The van der Waals surface area contributed by atoms with Crippen LogP contribution in [0.3, 0.4) is 0 Å². The lowest BCUT2D eigenvalue weighted by Crippen LogP contribution is -2.35. The van der Waals surface area contributed by atoms with Gasteiger partial charge in [-0.2, -0.15) is 5.10 Å². The van der Waals surface area contributed by atoms with Crippen molar-refractivity contribution in [2.75, 3.05) is 6.61 Å². The van der Waals surface area contributed by atoms with E-state index in [2.05, 4.69) is 5.10 Å². The Bertz CT molecular complexity index is 324. The van der Waals surface area contributed by atoms with Crippen molar-refractivity contribution < 1.29 is 9.84 Å². The number of rotatable bonds is 2. The van der Waals surface area contributed by atoms with Gasteiger partial charge in [0.15, 0.2) is 0 Å². The number of hydrogen-bond donors (Lipinski definition) is 1. The maximum Gasteiger partial charge on any atom is 0.134 e. The van der Waals surface area contributed by atoms with E-state index in [9.17, 15) is 5.11 Å². The predicted molar refractivity (Wildman–Crippen MR) is 51.8 cm³/mol. The monoisotopic (exact) mass is 196 g/mol. The Morgan fingerprint density at radius 1 is 1.79 bits per heavy atom. The smallest absolute Gasteiger partial charge is 0.134 e. The summed E-state index contributed by atoms with van der Waals surface area (Å²) in [6, 6.07) is 1.87. The highest BCUT2D eigenvalue weighted by atomic mass is 16.5. The zero-order valence-corrected chi connectivity index (χ0v) is 8.60. The van der Waals surface area contributed by atoms with Crippen LogP contribution in [0.5, 0.6) is 0 Å². The first kappa shape index (κ1) is 9.68. The van der Waals surface area contributed by atoms with E-state index in [0.717, 1.165) is 12.2 Å². The Kier molecular flexibility index (Phi) is 2.33. The molecule has 0 bridgehead atoms. The summed E-state index contributed by atoms with van der Waals surface area (Å²) in [7, 11) is 0. The van der Waals surface area contributed by atoms with Gasteiger partial charge in [-0.25, -0.2) is 0 Å². The molecule has 78 valence electrons. The fraction of sp³-hybridized carbons (Fsp3) is 0.700. The molecule has 1 aromatic heterocycles. The van der Waals surface area contributed by atoms with Gasteiger partial charge in [-0.05, 0) is 19.9 Å². The maximum absolute atomic E-state index is 10.4. The zero-order valence-electron chi connectivity index (χ0n) is 8.60. The van der Waals surface area contributed by atoms with Crippen LogP contribution in [0.25, 0.3) is 0 Å². The van der Waals surface area contributed by atoms with Gasteiger partial charge in [0.2, 0.25) is 0 Å². The number of hydrogen-bond acceptors (Lipinski definition) is 3. The fourth-order valence-electron chi connectivity index (χ4n) is 2.02. The van der Waals surface area contributed by atoms with Crippen LogP contribution in [0.1, 0.15) is 26.0 Å². The molecular weight excluding hydrogens is 180 g/mol. The summed E-state index contributed by atoms with van der Waals surface area (Å²) in [4.78, 5) is 0. The molecular formula is C10H16N2O2. The van der Waals surface area contributed by atoms with Crippen molar-refractivity contribution in [1.82, 2.24) is 9.78 Å². The van der Waals surface area contributed by atoms with Crippen LogP contribution >= 0.6 is 0 Å². The molecule has 4 nitrogen and oxygen atoms in total. The number of aromatic nitrogens is 2. The summed E-state index contributed by atoms with van der Waals surface area (Å²) in [6.07, 6.45) is 2.23. The summed E-state index contributed by atoms with van der Waals surface area (Å²) in [6.45, 7) is 5.31. The Labute approximate surface area is 83.5 Å². The molecule has 4 heteroatoms. The van der Waals surface area contributed by atoms with Crippen LogP contribution < -0.4 is 0 Å². The second-order valence-electron chi connectivity index (χ2n) is 3.72. The molecule has 0 spiro atoms. The average Bonchev–Trinajstić information content (AvgIpc) is 2.75. The van der Waals surface area contributed by atoms with Crippen LogP contribution in [0.15, 0.2) is 12.3 Å². The van der Waals surface area contributed by atoms with Crippen molar-refractivity contribution in [3.05, 3.63) is 18.0 Å². The number of nitrogens with zero attached hydrogens (tertiary/aromatic N) is 2. The minimum atomic E-state index is -0.855. The minimum Gasteiger partial charge on any atom is -0.381 e. The van der Waals surface area contributed by atoms with Crippen LogP contribution in [0.4, 0.5) is 0 Å². The highest BCUT2D eigenvalue weighted by Gasteiger charge is 2.43. The Morgan fingerprint density at radius 3 is 3.14 bits per heavy atom. The minimum absolute atomic E-state index is 0.149. The lowest BCUT2D eigenvalue weighted by atomic mass is 9.92. The molecule has 1 aliphatic rings. The van der Waals surface area contributed by atoms with Gasteiger partial charge < -0.3 is 9.84 Å². The quantitative estimate of drug-likeness (QED) is 0.764. The molecule has 14 heavy (non-hydrogen) atoms. The first-order valence-corrected chi connectivity index (χ1v) is 5.04. The van der Waals surface area contributed by atoms with Gasteiger partial charge >= 0.3 is 0 Å². The Balaban J connectivity index is 2.37. The van der Waals surface area contributed by atoms with Crippen LogP contribution in [0.2, 0.25) is 0 Å². The van der Waals surface area contributed by atoms with Crippen molar-refractivity contribution >= 4 is 0 Å². The standard InChI is InChI=1S/C10H16N2O2/c1-3-12-9(4-6-11-12)10(13)5-7-14-8(10)2/h4,6,8,13H,3,5,7H2,1-2H3. The number of aryl methyl sites for hydroxylation is 1. The van der Waals surface area contributed by atoms with E-state index in [1.165, 1.54) is 0 Å². The van der Waals surface area contributed by atoms with E-state index in [1.807, 2.05) is 24.6 Å². The first-order chi connectivity index (χ1) is 6.68. The van der Waals surface area contributed by atoms with Crippen molar-refractivity contribution in [3.8, 4) is 0 Å². The van der Waals surface area contributed by atoms with Gasteiger partial charge in [-0.15, -0.1) is 0 Å². The molecule has 1 aliphatic heterocycles. The van der Waals surface area contributed by atoms with Crippen LogP contribution in [-0.4, -0.2) is 27.6 Å². The highest BCUT2D eigenvalue weighted by Crippen LogP contribution is 2.35. The largest absolute Gasteiger partial charge is 0.381 e. The van der Waals surface area contributed by atoms with Crippen molar-refractivity contribution in [3.63, 3.8) is 0 Å². The molecule has 2 heterocycles. The van der Waals surface area contributed by atoms with Crippen LogP contribution in [-0.2, 0) is 16.9 Å². The van der Waals surface area contributed by atoms with Gasteiger partial charge in [0.05, 0.1) is 18.4 Å². The summed E-state index contributed by atoms with van der Waals surface area (Å²) in [5.74, 6) is 0.